The molecule has 0 radical (unpaired) electrons. The fraction of sp³-hybridized carbons (Fsp3) is 0.714. The molecule has 0 heterocycles. The van der Waals surface area contributed by atoms with E-state index in [0.717, 1.165) is 64.2 Å². The van der Waals surface area contributed by atoms with E-state index in [1.54, 1.807) is 0 Å². The van der Waals surface area contributed by atoms with Crippen LogP contribution in [0.4, 0.5) is 0 Å². The maximum absolute atomic E-state index is 12.6. The van der Waals surface area contributed by atoms with Crippen LogP contribution in [0.5, 0.6) is 0 Å². The number of rotatable bonds is 37. The smallest absolute Gasteiger partial charge is 0.462 e. The summed E-state index contributed by atoms with van der Waals surface area (Å²) in [7, 11) is -4.63. The fourth-order valence-corrected chi connectivity index (χ4v) is 5.77. The van der Waals surface area contributed by atoms with Crippen molar-refractivity contribution in [2.75, 3.05) is 26.4 Å². The van der Waals surface area contributed by atoms with Crippen LogP contribution in [0.2, 0.25) is 0 Å². The summed E-state index contributed by atoms with van der Waals surface area (Å²) in [5.41, 5.74) is 0. The van der Waals surface area contributed by atoms with E-state index in [2.05, 4.69) is 73.1 Å². The number of aliphatic hydroxyl groups excluding tert-OH is 2. The van der Waals surface area contributed by atoms with Crippen LogP contribution in [-0.4, -0.2) is 65.7 Å². The Labute approximate surface area is 321 Å². The summed E-state index contributed by atoms with van der Waals surface area (Å²) >= 11 is 0. The van der Waals surface area contributed by atoms with E-state index < -0.39 is 51.8 Å². The number of carbonyl (C=O) groups is 2. The first-order valence-electron chi connectivity index (χ1n) is 20.2. The number of phosphoric ester groups is 1. The highest BCUT2D eigenvalue weighted by molar-refractivity contribution is 7.47. The van der Waals surface area contributed by atoms with Crippen LogP contribution < -0.4 is 0 Å². The second kappa shape index (κ2) is 38.0. The number of hydrogen-bond donors (Lipinski definition) is 3. The SMILES string of the molecule is CCCCC/C=C/C/C=C/C/C=C/C/C=C/CCCC(=O)OC[C@H](COP(=O)(O)OC[C@@H](O)CO)OC(=O)CCCCCCC/C=C/CCCCCC. The van der Waals surface area contributed by atoms with Gasteiger partial charge in [-0.05, 0) is 77.0 Å². The molecule has 0 fully saturated rings. The molecule has 0 aromatic rings. The van der Waals surface area contributed by atoms with Gasteiger partial charge in [0.15, 0.2) is 6.10 Å². The Balaban J connectivity index is 4.45. The Bertz CT molecular complexity index is 1070. The number of carbonyl (C=O) groups excluding carboxylic acids is 2. The molecule has 0 aliphatic heterocycles. The van der Waals surface area contributed by atoms with Gasteiger partial charge in [-0.15, -0.1) is 0 Å². The number of unbranched alkanes of at least 4 members (excludes halogenated alkanes) is 13. The van der Waals surface area contributed by atoms with Crippen molar-refractivity contribution in [2.45, 2.75) is 167 Å². The van der Waals surface area contributed by atoms with Crippen molar-refractivity contribution < 1.29 is 47.8 Å². The number of ether oxygens (including phenoxy) is 2. The van der Waals surface area contributed by atoms with Crippen molar-refractivity contribution in [1.82, 2.24) is 0 Å². The molecule has 0 aliphatic rings. The Morgan fingerprint density at radius 1 is 0.566 bits per heavy atom. The molecule has 3 atom stereocenters. The van der Waals surface area contributed by atoms with Crippen LogP contribution in [0.25, 0.3) is 0 Å². The van der Waals surface area contributed by atoms with E-state index in [1.165, 1.54) is 44.9 Å². The second-order valence-electron chi connectivity index (χ2n) is 13.3. The van der Waals surface area contributed by atoms with Gasteiger partial charge in [0.25, 0.3) is 0 Å². The third kappa shape index (κ3) is 37.8. The van der Waals surface area contributed by atoms with Crippen LogP contribution in [-0.2, 0) is 32.7 Å². The molecule has 0 aromatic carbocycles. The average molecular weight is 769 g/mol. The van der Waals surface area contributed by atoms with Gasteiger partial charge in [0.1, 0.15) is 12.7 Å². The number of phosphoric acid groups is 1. The van der Waals surface area contributed by atoms with E-state index in [-0.39, 0.29) is 19.4 Å². The molecule has 0 amide bonds. The third-order valence-electron chi connectivity index (χ3n) is 8.14. The molecule has 0 bridgehead atoms. The van der Waals surface area contributed by atoms with E-state index >= 15 is 0 Å². The van der Waals surface area contributed by atoms with E-state index in [4.69, 9.17) is 19.1 Å². The molecular formula is C42H73O10P. The maximum Gasteiger partial charge on any atom is 0.472 e. The van der Waals surface area contributed by atoms with Gasteiger partial charge in [0.05, 0.1) is 19.8 Å². The molecule has 0 saturated heterocycles. The molecule has 1 unspecified atom stereocenters. The summed E-state index contributed by atoms with van der Waals surface area (Å²) in [6.07, 6.45) is 40.5. The van der Waals surface area contributed by atoms with Crippen molar-refractivity contribution in [2.24, 2.45) is 0 Å². The topological polar surface area (TPSA) is 149 Å². The summed E-state index contributed by atoms with van der Waals surface area (Å²) in [6.45, 7) is 2.24. The lowest BCUT2D eigenvalue weighted by atomic mass is 10.1. The predicted octanol–water partition coefficient (Wildman–Crippen LogP) is 10.3. The number of hydrogen-bond acceptors (Lipinski definition) is 9. The van der Waals surface area contributed by atoms with Crippen molar-refractivity contribution in [1.29, 1.82) is 0 Å². The Morgan fingerprint density at radius 3 is 1.58 bits per heavy atom. The molecule has 0 spiro atoms. The predicted molar refractivity (Wildman–Crippen MR) is 214 cm³/mol. The first kappa shape index (κ1) is 50.7. The molecular weight excluding hydrogens is 695 g/mol. The lowest BCUT2D eigenvalue weighted by Crippen LogP contribution is -2.29. The minimum Gasteiger partial charge on any atom is -0.462 e. The zero-order chi connectivity index (χ0) is 39.1. The van der Waals surface area contributed by atoms with Crippen molar-refractivity contribution in [3.8, 4) is 0 Å². The molecule has 306 valence electrons. The summed E-state index contributed by atoms with van der Waals surface area (Å²) in [5, 5.41) is 18.3. The number of aliphatic hydroxyl groups is 2. The van der Waals surface area contributed by atoms with Gasteiger partial charge in [-0.2, -0.15) is 0 Å². The minimum absolute atomic E-state index is 0.160. The van der Waals surface area contributed by atoms with E-state index in [9.17, 15) is 24.2 Å². The lowest BCUT2D eigenvalue weighted by molar-refractivity contribution is -0.161. The lowest BCUT2D eigenvalue weighted by Gasteiger charge is -2.20. The summed E-state index contributed by atoms with van der Waals surface area (Å²) in [5.74, 6) is -1.01. The summed E-state index contributed by atoms with van der Waals surface area (Å²) in [6, 6.07) is 0. The molecule has 0 saturated carbocycles. The maximum atomic E-state index is 12.6. The monoisotopic (exact) mass is 768 g/mol. The van der Waals surface area contributed by atoms with Gasteiger partial charge in [-0.3, -0.25) is 18.6 Å². The van der Waals surface area contributed by atoms with Crippen molar-refractivity contribution >= 4 is 19.8 Å². The number of allylic oxidation sites excluding steroid dienone is 10. The van der Waals surface area contributed by atoms with E-state index in [0.29, 0.717) is 19.3 Å². The molecule has 3 N–H and O–H groups in total. The summed E-state index contributed by atoms with van der Waals surface area (Å²) in [4.78, 5) is 34.9. The molecule has 0 aromatic heterocycles. The van der Waals surface area contributed by atoms with Crippen molar-refractivity contribution in [3.05, 3.63) is 60.8 Å². The highest BCUT2D eigenvalue weighted by Gasteiger charge is 2.27. The van der Waals surface area contributed by atoms with Gasteiger partial charge in [0, 0.05) is 12.8 Å². The number of esters is 2. The molecule has 53 heavy (non-hydrogen) atoms. The van der Waals surface area contributed by atoms with E-state index in [1.807, 2.05) is 6.08 Å². The van der Waals surface area contributed by atoms with Crippen LogP contribution >= 0.6 is 7.82 Å². The third-order valence-corrected chi connectivity index (χ3v) is 9.10. The zero-order valence-corrected chi connectivity index (χ0v) is 33.9. The zero-order valence-electron chi connectivity index (χ0n) is 33.0. The van der Waals surface area contributed by atoms with Gasteiger partial charge < -0.3 is 24.6 Å². The van der Waals surface area contributed by atoms with Crippen LogP contribution in [0.3, 0.4) is 0 Å². The van der Waals surface area contributed by atoms with Crippen LogP contribution in [0.15, 0.2) is 60.8 Å². The normalized spacial score (nSPS) is 14.6. The highest BCUT2D eigenvalue weighted by Crippen LogP contribution is 2.43. The Morgan fingerprint density at radius 2 is 1.00 bits per heavy atom. The molecule has 0 rings (SSSR count). The standard InChI is InChI=1S/C42H73O10P/c1-3-5-7-9-11-13-15-17-18-19-20-22-23-25-27-29-31-33-41(45)49-37-40(38-51-53(47,48)50-36-39(44)35-43)52-42(46)34-32-30-28-26-24-21-16-14-12-10-8-6-4-2/h11,13-14,16-18,20,22,25,27,39-40,43-44H,3-10,12,15,19,21,23-24,26,28-38H2,1-2H3,(H,47,48)/b13-11+,16-14+,18-17+,22-20+,27-25+/t39-,40+/m0/s1. The Kier molecular flexibility index (Phi) is 36.3. The second-order valence-corrected chi connectivity index (χ2v) is 14.8. The minimum atomic E-state index is -4.63. The largest absolute Gasteiger partial charge is 0.472 e. The van der Waals surface area contributed by atoms with Crippen molar-refractivity contribution in [3.63, 3.8) is 0 Å². The average Bonchev–Trinajstić information content (AvgIpc) is 3.14. The van der Waals surface area contributed by atoms with Crippen LogP contribution in [0.1, 0.15) is 155 Å². The highest BCUT2D eigenvalue weighted by atomic mass is 31.2. The van der Waals surface area contributed by atoms with Gasteiger partial charge in [-0.1, -0.05) is 126 Å². The first-order valence-corrected chi connectivity index (χ1v) is 21.7. The quantitative estimate of drug-likeness (QED) is 0.0241. The van der Waals surface area contributed by atoms with Gasteiger partial charge in [-0.25, -0.2) is 4.57 Å². The molecule has 11 heteroatoms. The van der Waals surface area contributed by atoms with Crippen LogP contribution in [0, 0.1) is 0 Å². The molecule has 10 nitrogen and oxygen atoms in total. The van der Waals surface area contributed by atoms with Gasteiger partial charge in [0.2, 0.25) is 0 Å². The summed E-state index contributed by atoms with van der Waals surface area (Å²) < 4.78 is 32.6. The molecule has 0 aliphatic carbocycles. The van der Waals surface area contributed by atoms with Gasteiger partial charge >= 0.3 is 19.8 Å². The first-order chi connectivity index (χ1) is 25.7. The fourth-order valence-electron chi connectivity index (χ4n) is 4.98. The Hall–Kier alpha value is -2.33.